The normalized spacial score (nSPS) is 18.3. The lowest BCUT2D eigenvalue weighted by molar-refractivity contribution is -0.153. The van der Waals surface area contributed by atoms with E-state index in [1.807, 2.05) is 13.8 Å². The summed E-state index contributed by atoms with van der Waals surface area (Å²) in [6.07, 6.45) is -2.91. The predicted octanol–water partition coefficient (Wildman–Crippen LogP) is 4.13. The number of hydrogen-bond donors (Lipinski definition) is 0. The van der Waals surface area contributed by atoms with E-state index >= 15 is 0 Å². The van der Waals surface area contributed by atoms with Crippen LogP contribution in [-0.2, 0) is 20.5 Å². The summed E-state index contributed by atoms with van der Waals surface area (Å²) in [6, 6.07) is 1.78. The molecule has 0 aliphatic carbocycles. The summed E-state index contributed by atoms with van der Waals surface area (Å²) >= 11 is 0. The van der Waals surface area contributed by atoms with E-state index in [2.05, 4.69) is 0 Å². The number of carbonyl (C=O) groups excluding carboxylic acids is 3. The Morgan fingerprint density at radius 3 is 2.09 bits per heavy atom. The van der Waals surface area contributed by atoms with Gasteiger partial charge in [0.2, 0.25) is 5.91 Å². The molecular formula is C24H30F4N2O4. The molecule has 0 spiro atoms. The summed E-state index contributed by atoms with van der Waals surface area (Å²) in [5.41, 5.74) is -1.70. The highest BCUT2D eigenvalue weighted by molar-refractivity contribution is 5.95. The Kier molecular flexibility index (Phi) is 8.20. The molecule has 1 aromatic rings. The molecule has 0 unspecified atom stereocenters. The minimum absolute atomic E-state index is 0.0497. The van der Waals surface area contributed by atoms with Crippen LogP contribution in [0.2, 0.25) is 0 Å². The first kappa shape index (κ1) is 26.0. The van der Waals surface area contributed by atoms with Gasteiger partial charge in [-0.05, 0) is 49.8 Å². The van der Waals surface area contributed by atoms with E-state index in [0.717, 1.165) is 0 Å². The summed E-state index contributed by atoms with van der Waals surface area (Å²) in [4.78, 5) is 40.7. The van der Waals surface area contributed by atoms with Crippen LogP contribution in [0.15, 0.2) is 18.2 Å². The number of carbonyl (C=O) groups is 3. The molecule has 2 fully saturated rings. The lowest BCUT2D eigenvalue weighted by Crippen LogP contribution is -2.47. The standard InChI is InChI=1S/C24H30F4N2O4/c1-15(2)14-34-23(33)17-7-11-29(12-8-17)21(31)16-5-9-30(10-6-16)22(32)19-13-18(24(26,27)28)3-4-20(19)25/h3-4,13,15-17H,5-12,14H2,1-2H3. The Bertz CT molecular complexity index is 903. The molecule has 3 rings (SSSR count). The van der Waals surface area contributed by atoms with E-state index in [4.69, 9.17) is 4.74 Å². The van der Waals surface area contributed by atoms with Gasteiger partial charge in [0.05, 0.1) is 23.7 Å². The fourth-order valence-electron chi connectivity index (χ4n) is 4.33. The number of amides is 2. The van der Waals surface area contributed by atoms with E-state index in [-0.39, 0.29) is 42.7 Å². The van der Waals surface area contributed by atoms with E-state index in [1.165, 1.54) is 4.90 Å². The fourth-order valence-corrected chi connectivity index (χ4v) is 4.33. The van der Waals surface area contributed by atoms with Gasteiger partial charge in [-0.25, -0.2) is 4.39 Å². The number of rotatable bonds is 5. The summed E-state index contributed by atoms with van der Waals surface area (Å²) in [7, 11) is 0. The van der Waals surface area contributed by atoms with Crippen molar-refractivity contribution < 1.29 is 36.7 Å². The van der Waals surface area contributed by atoms with Gasteiger partial charge in [-0.2, -0.15) is 13.2 Å². The Balaban J connectivity index is 1.51. The summed E-state index contributed by atoms with van der Waals surface area (Å²) in [5.74, 6) is -2.38. The Labute approximate surface area is 196 Å². The zero-order chi connectivity index (χ0) is 25.0. The van der Waals surface area contributed by atoms with E-state index in [9.17, 15) is 31.9 Å². The van der Waals surface area contributed by atoms with E-state index in [1.54, 1.807) is 4.90 Å². The first-order valence-electron chi connectivity index (χ1n) is 11.6. The number of nitrogens with zero attached hydrogens (tertiary/aromatic N) is 2. The number of esters is 1. The van der Waals surface area contributed by atoms with Crippen LogP contribution in [0.4, 0.5) is 17.6 Å². The number of halogens is 4. The van der Waals surface area contributed by atoms with Gasteiger partial charge in [0.25, 0.3) is 5.91 Å². The molecule has 2 amide bonds. The van der Waals surface area contributed by atoms with Crippen molar-refractivity contribution >= 4 is 17.8 Å². The molecule has 2 heterocycles. The fraction of sp³-hybridized carbons (Fsp3) is 0.625. The molecule has 2 aliphatic heterocycles. The quantitative estimate of drug-likeness (QED) is 0.464. The van der Waals surface area contributed by atoms with Gasteiger partial charge in [-0.1, -0.05) is 13.8 Å². The monoisotopic (exact) mass is 486 g/mol. The zero-order valence-corrected chi connectivity index (χ0v) is 19.4. The number of piperidine rings is 2. The summed E-state index contributed by atoms with van der Waals surface area (Å²) in [5, 5.41) is 0. The van der Waals surface area contributed by atoms with Gasteiger partial charge in [0.1, 0.15) is 5.82 Å². The third-order valence-corrected chi connectivity index (χ3v) is 6.35. The van der Waals surface area contributed by atoms with Crippen LogP contribution in [0.3, 0.4) is 0 Å². The van der Waals surface area contributed by atoms with Crippen LogP contribution in [0.25, 0.3) is 0 Å². The first-order chi connectivity index (χ1) is 16.0. The molecule has 0 atom stereocenters. The van der Waals surface area contributed by atoms with Crippen LogP contribution in [0.5, 0.6) is 0 Å². The number of hydrogen-bond acceptors (Lipinski definition) is 4. The SMILES string of the molecule is CC(C)COC(=O)C1CCN(C(=O)C2CCN(C(=O)c3cc(C(F)(F)F)ccc3F)CC2)CC1. The van der Waals surface area contributed by atoms with Crippen molar-refractivity contribution in [3.8, 4) is 0 Å². The number of alkyl halides is 3. The highest BCUT2D eigenvalue weighted by Gasteiger charge is 2.36. The first-order valence-corrected chi connectivity index (χ1v) is 11.6. The van der Waals surface area contributed by atoms with Crippen molar-refractivity contribution in [3.05, 3.63) is 35.1 Å². The maximum Gasteiger partial charge on any atom is 0.416 e. The Hall–Kier alpha value is -2.65. The maximum atomic E-state index is 14.1. The highest BCUT2D eigenvalue weighted by Crippen LogP contribution is 2.31. The Morgan fingerprint density at radius 2 is 1.53 bits per heavy atom. The smallest absolute Gasteiger partial charge is 0.416 e. The van der Waals surface area contributed by atoms with Gasteiger partial charge < -0.3 is 14.5 Å². The van der Waals surface area contributed by atoms with Crippen LogP contribution in [-0.4, -0.2) is 60.4 Å². The van der Waals surface area contributed by atoms with E-state index < -0.39 is 29.0 Å². The third kappa shape index (κ3) is 6.27. The number of benzene rings is 1. The molecular weight excluding hydrogens is 456 g/mol. The van der Waals surface area contributed by atoms with Crippen LogP contribution < -0.4 is 0 Å². The summed E-state index contributed by atoms with van der Waals surface area (Å²) < 4.78 is 58.2. The molecule has 188 valence electrons. The molecule has 0 aromatic heterocycles. The summed E-state index contributed by atoms with van der Waals surface area (Å²) in [6.45, 7) is 5.52. The van der Waals surface area contributed by atoms with Gasteiger partial charge in [0.15, 0.2) is 0 Å². The topological polar surface area (TPSA) is 66.9 Å². The van der Waals surface area contributed by atoms with Gasteiger partial charge in [0, 0.05) is 32.1 Å². The molecule has 6 nitrogen and oxygen atoms in total. The van der Waals surface area contributed by atoms with Crippen LogP contribution in [0.1, 0.15) is 55.5 Å². The van der Waals surface area contributed by atoms with Gasteiger partial charge in [-0.3, -0.25) is 14.4 Å². The minimum Gasteiger partial charge on any atom is -0.465 e. The highest BCUT2D eigenvalue weighted by atomic mass is 19.4. The van der Waals surface area contributed by atoms with Gasteiger partial charge in [-0.15, -0.1) is 0 Å². The third-order valence-electron chi connectivity index (χ3n) is 6.35. The molecule has 2 saturated heterocycles. The molecule has 2 aliphatic rings. The molecule has 0 N–H and O–H groups in total. The molecule has 34 heavy (non-hydrogen) atoms. The average molecular weight is 487 g/mol. The predicted molar refractivity (Wildman–Crippen MR) is 115 cm³/mol. The second-order valence-corrected chi connectivity index (χ2v) is 9.38. The lowest BCUT2D eigenvalue weighted by atomic mass is 9.91. The largest absolute Gasteiger partial charge is 0.465 e. The zero-order valence-electron chi connectivity index (χ0n) is 19.4. The van der Waals surface area contributed by atoms with Crippen molar-refractivity contribution in [3.63, 3.8) is 0 Å². The number of ether oxygens (including phenoxy) is 1. The van der Waals surface area contributed by atoms with Crippen molar-refractivity contribution in [1.29, 1.82) is 0 Å². The number of likely N-dealkylation sites (tertiary alicyclic amines) is 2. The average Bonchev–Trinajstić information content (AvgIpc) is 2.81. The van der Waals surface area contributed by atoms with Crippen molar-refractivity contribution in [1.82, 2.24) is 9.80 Å². The maximum absolute atomic E-state index is 14.1. The minimum atomic E-state index is -4.68. The molecule has 1 aromatic carbocycles. The lowest BCUT2D eigenvalue weighted by Gasteiger charge is -2.37. The van der Waals surface area contributed by atoms with Crippen LogP contribution in [0, 0.1) is 23.6 Å². The van der Waals surface area contributed by atoms with Crippen LogP contribution >= 0.6 is 0 Å². The molecule has 0 bridgehead atoms. The van der Waals surface area contributed by atoms with E-state index in [0.29, 0.717) is 63.6 Å². The second kappa shape index (κ2) is 10.7. The van der Waals surface area contributed by atoms with Crippen molar-refractivity contribution in [2.75, 3.05) is 32.8 Å². The second-order valence-electron chi connectivity index (χ2n) is 9.38. The molecule has 0 radical (unpaired) electrons. The Morgan fingerprint density at radius 1 is 0.971 bits per heavy atom. The molecule has 0 saturated carbocycles. The van der Waals surface area contributed by atoms with Crippen molar-refractivity contribution in [2.45, 2.75) is 45.7 Å². The molecule has 10 heteroatoms. The van der Waals surface area contributed by atoms with Gasteiger partial charge >= 0.3 is 12.1 Å². The van der Waals surface area contributed by atoms with Crippen molar-refractivity contribution in [2.24, 2.45) is 17.8 Å².